The third-order valence-corrected chi connectivity index (χ3v) is 3.83. The Labute approximate surface area is 142 Å². The topological polar surface area (TPSA) is 96.7 Å². The minimum Gasteiger partial charge on any atom is -0.326 e. The molecule has 1 amide bonds. The zero-order valence-corrected chi connectivity index (χ0v) is 14.7. The van der Waals surface area contributed by atoms with Gasteiger partial charge < -0.3 is 11.1 Å². The monoisotopic (exact) mass is 337 g/mol. The first-order valence-corrected chi connectivity index (χ1v) is 7.34. The van der Waals surface area contributed by atoms with Gasteiger partial charge in [-0.2, -0.15) is 5.10 Å². The molecule has 1 unspecified atom stereocenters. The zero-order valence-electron chi connectivity index (χ0n) is 13.9. The molecule has 0 fully saturated rings. The number of carbonyl (C=O) groups is 1. The van der Waals surface area contributed by atoms with Crippen LogP contribution in [0, 0.1) is 11.3 Å². The molecule has 1 aromatic heterocycles. The molecule has 7 heteroatoms. The molecule has 2 rings (SSSR count). The molecule has 0 bridgehead atoms. The fourth-order valence-corrected chi connectivity index (χ4v) is 1.86. The normalized spacial score (nSPS) is 12.4. The van der Waals surface area contributed by atoms with E-state index in [1.807, 2.05) is 31.2 Å². The lowest BCUT2D eigenvalue weighted by atomic mass is 9.81. The maximum atomic E-state index is 12.2. The van der Waals surface area contributed by atoms with Crippen molar-refractivity contribution < 1.29 is 4.79 Å². The predicted octanol–water partition coefficient (Wildman–Crippen LogP) is 2.97. The first-order chi connectivity index (χ1) is 10.3. The molecule has 23 heavy (non-hydrogen) atoms. The van der Waals surface area contributed by atoms with Crippen molar-refractivity contribution in [3.63, 3.8) is 0 Å². The number of benzene rings is 1. The highest BCUT2D eigenvalue weighted by Crippen LogP contribution is 2.27. The van der Waals surface area contributed by atoms with E-state index in [0.717, 1.165) is 11.3 Å². The van der Waals surface area contributed by atoms with Gasteiger partial charge in [0, 0.05) is 17.2 Å². The summed E-state index contributed by atoms with van der Waals surface area (Å²) in [7, 11) is 0. The minimum absolute atomic E-state index is 0. The van der Waals surface area contributed by atoms with Crippen LogP contribution in [0.5, 0.6) is 0 Å². The van der Waals surface area contributed by atoms with Crippen molar-refractivity contribution in [3.05, 3.63) is 30.1 Å². The second-order valence-corrected chi connectivity index (χ2v) is 6.46. The molecule has 0 aliphatic carbocycles. The summed E-state index contributed by atoms with van der Waals surface area (Å²) in [5.41, 5.74) is 7.07. The van der Waals surface area contributed by atoms with E-state index in [1.54, 1.807) is 0 Å². The van der Waals surface area contributed by atoms with Crippen LogP contribution in [-0.2, 0) is 11.3 Å². The Morgan fingerprint density at radius 3 is 2.39 bits per heavy atom. The van der Waals surface area contributed by atoms with Crippen molar-refractivity contribution in [2.24, 2.45) is 17.1 Å². The van der Waals surface area contributed by atoms with Gasteiger partial charge in [0.2, 0.25) is 5.91 Å². The molecule has 1 heterocycles. The van der Waals surface area contributed by atoms with Crippen molar-refractivity contribution in [2.75, 3.05) is 5.32 Å². The third-order valence-electron chi connectivity index (χ3n) is 3.83. The summed E-state index contributed by atoms with van der Waals surface area (Å²) in [4.78, 5) is 16.5. The van der Waals surface area contributed by atoms with Gasteiger partial charge >= 0.3 is 0 Å². The van der Waals surface area contributed by atoms with Gasteiger partial charge in [-0.1, -0.05) is 27.7 Å². The van der Waals surface area contributed by atoms with Crippen molar-refractivity contribution >= 4 is 24.0 Å². The second kappa shape index (κ2) is 7.57. The molecule has 1 aromatic carbocycles. The van der Waals surface area contributed by atoms with E-state index in [4.69, 9.17) is 5.73 Å². The first-order valence-electron chi connectivity index (χ1n) is 7.34. The summed E-state index contributed by atoms with van der Waals surface area (Å²) in [6, 6.07) is 7.45. The molecule has 126 valence electrons. The van der Waals surface area contributed by atoms with E-state index in [1.165, 1.54) is 0 Å². The number of anilines is 1. The molecule has 6 nitrogen and oxygen atoms in total. The summed E-state index contributed by atoms with van der Waals surface area (Å²) in [6.45, 7) is 8.42. The smallest absolute Gasteiger partial charge is 0.227 e. The van der Waals surface area contributed by atoms with Crippen LogP contribution in [0.3, 0.4) is 0 Å². The Balaban J connectivity index is 0.00000264. The fraction of sp³-hybridized carbons (Fsp3) is 0.438. The lowest BCUT2D eigenvalue weighted by molar-refractivity contribution is -0.122. The third kappa shape index (κ3) is 4.77. The number of carbonyl (C=O) groups excluding carboxylic acids is 1. The van der Waals surface area contributed by atoms with Crippen molar-refractivity contribution in [2.45, 2.75) is 34.2 Å². The highest BCUT2D eigenvalue weighted by Gasteiger charge is 2.26. The van der Waals surface area contributed by atoms with Crippen molar-refractivity contribution in [3.8, 4) is 11.4 Å². The molecule has 0 saturated heterocycles. The van der Waals surface area contributed by atoms with E-state index in [2.05, 4.69) is 41.3 Å². The van der Waals surface area contributed by atoms with Crippen LogP contribution in [0.2, 0.25) is 0 Å². The standard InChI is InChI=1S/C16H23N5O.ClH/c1-10(16(2,3)4)15(22)18-12-7-5-11(6-8-12)14-19-13(9-17)20-21-14;/h5-8,10H,9,17H2,1-4H3,(H,18,22)(H,19,20,21);1H. The van der Waals surface area contributed by atoms with E-state index in [-0.39, 0.29) is 29.6 Å². The molecule has 0 aliphatic rings. The van der Waals surface area contributed by atoms with E-state index >= 15 is 0 Å². The maximum absolute atomic E-state index is 12.2. The van der Waals surface area contributed by atoms with Crippen LogP contribution in [0.1, 0.15) is 33.5 Å². The number of hydrogen-bond donors (Lipinski definition) is 3. The Kier molecular flexibility index (Phi) is 6.29. The number of aromatic nitrogens is 3. The minimum atomic E-state index is -0.0766. The van der Waals surface area contributed by atoms with E-state index in [9.17, 15) is 4.79 Å². The fourth-order valence-electron chi connectivity index (χ4n) is 1.86. The molecular weight excluding hydrogens is 314 g/mol. The molecule has 4 N–H and O–H groups in total. The molecule has 1 atom stereocenters. The predicted molar refractivity (Wildman–Crippen MR) is 94.2 cm³/mol. The second-order valence-electron chi connectivity index (χ2n) is 6.46. The SMILES string of the molecule is CC(C(=O)Nc1ccc(-c2n[nH]c(CN)n2)cc1)C(C)(C)C.Cl. The number of nitrogens with zero attached hydrogens (tertiary/aromatic N) is 2. The van der Waals surface area contributed by atoms with Crippen LogP contribution in [-0.4, -0.2) is 21.1 Å². The van der Waals surface area contributed by atoms with Gasteiger partial charge in [0.15, 0.2) is 5.82 Å². The average molecular weight is 338 g/mol. The van der Waals surface area contributed by atoms with Gasteiger partial charge in [-0.25, -0.2) is 4.98 Å². The summed E-state index contributed by atoms with van der Waals surface area (Å²) in [5, 5.41) is 9.82. The molecular formula is C16H24ClN5O. The lowest BCUT2D eigenvalue weighted by Crippen LogP contribution is -2.30. The van der Waals surface area contributed by atoms with Crippen LogP contribution in [0.25, 0.3) is 11.4 Å². The number of hydrogen-bond acceptors (Lipinski definition) is 4. The zero-order chi connectivity index (χ0) is 16.3. The van der Waals surface area contributed by atoms with E-state index < -0.39 is 0 Å². The summed E-state index contributed by atoms with van der Waals surface area (Å²) in [6.07, 6.45) is 0. The first kappa shape index (κ1) is 19.1. The number of halogens is 1. The van der Waals surface area contributed by atoms with Crippen LogP contribution >= 0.6 is 12.4 Å². The Hall–Kier alpha value is -1.92. The maximum Gasteiger partial charge on any atom is 0.227 e. The summed E-state index contributed by atoms with van der Waals surface area (Å²) >= 11 is 0. The van der Waals surface area contributed by atoms with Crippen molar-refractivity contribution in [1.82, 2.24) is 15.2 Å². The molecule has 0 saturated carbocycles. The highest BCUT2D eigenvalue weighted by atomic mass is 35.5. The number of rotatable bonds is 4. The number of nitrogens with one attached hydrogen (secondary N) is 2. The lowest BCUT2D eigenvalue weighted by Gasteiger charge is -2.26. The van der Waals surface area contributed by atoms with Gasteiger partial charge in [-0.15, -0.1) is 12.4 Å². The van der Waals surface area contributed by atoms with Gasteiger partial charge in [0.1, 0.15) is 5.82 Å². The number of H-pyrrole nitrogens is 1. The Morgan fingerprint density at radius 1 is 1.30 bits per heavy atom. The van der Waals surface area contributed by atoms with Crippen molar-refractivity contribution in [1.29, 1.82) is 0 Å². The van der Waals surface area contributed by atoms with Gasteiger partial charge in [-0.3, -0.25) is 9.89 Å². The van der Waals surface area contributed by atoms with Crippen LogP contribution < -0.4 is 11.1 Å². The Morgan fingerprint density at radius 2 is 1.91 bits per heavy atom. The summed E-state index contributed by atoms with van der Waals surface area (Å²) < 4.78 is 0. The van der Waals surface area contributed by atoms with E-state index in [0.29, 0.717) is 18.2 Å². The number of nitrogens with two attached hydrogens (primary N) is 1. The number of amides is 1. The summed E-state index contributed by atoms with van der Waals surface area (Å²) in [5.74, 6) is 1.18. The Bertz CT molecular complexity index is 645. The number of aromatic amines is 1. The molecule has 0 spiro atoms. The van der Waals surface area contributed by atoms with Crippen LogP contribution in [0.15, 0.2) is 24.3 Å². The van der Waals surface area contributed by atoms with Gasteiger partial charge in [-0.05, 0) is 29.7 Å². The van der Waals surface area contributed by atoms with Gasteiger partial charge in [0.05, 0.1) is 6.54 Å². The average Bonchev–Trinajstić information content (AvgIpc) is 2.95. The quantitative estimate of drug-likeness (QED) is 0.799. The van der Waals surface area contributed by atoms with Crippen LogP contribution in [0.4, 0.5) is 5.69 Å². The van der Waals surface area contributed by atoms with Gasteiger partial charge in [0.25, 0.3) is 0 Å². The largest absolute Gasteiger partial charge is 0.326 e. The molecule has 0 aliphatic heterocycles. The molecule has 2 aromatic rings. The molecule has 0 radical (unpaired) electrons. The highest BCUT2D eigenvalue weighted by molar-refractivity contribution is 5.92.